The first-order chi connectivity index (χ1) is 8.69. The predicted molar refractivity (Wildman–Crippen MR) is 81.1 cm³/mol. The van der Waals surface area contributed by atoms with Crippen LogP contribution >= 0.6 is 0 Å². The largest absolute Gasteiger partial charge is 0.0651 e. The summed E-state index contributed by atoms with van der Waals surface area (Å²) in [6.45, 7) is 6.81. The van der Waals surface area contributed by atoms with Crippen molar-refractivity contribution in [2.45, 2.75) is 46.5 Å². The molecule has 0 spiro atoms. The van der Waals surface area contributed by atoms with Crippen LogP contribution in [-0.2, 0) is 12.8 Å². The molecule has 0 nitrogen and oxygen atoms in total. The third kappa shape index (κ3) is 3.35. The van der Waals surface area contributed by atoms with Crippen molar-refractivity contribution in [1.82, 2.24) is 0 Å². The van der Waals surface area contributed by atoms with Crippen molar-refractivity contribution in [2.75, 3.05) is 0 Å². The molecule has 0 aliphatic rings. The molecule has 2 aromatic rings. The average Bonchev–Trinajstić information content (AvgIpc) is 2.36. The summed E-state index contributed by atoms with van der Waals surface area (Å²) in [7, 11) is 0. The van der Waals surface area contributed by atoms with Gasteiger partial charge in [-0.25, -0.2) is 0 Å². The Morgan fingerprint density at radius 3 is 1.89 bits per heavy atom. The van der Waals surface area contributed by atoms with E-state index in [4.69, 9.17) is 0 Å². The summed E-state index contributed by atoms with van der Waals surface area (Å²) < 4.78 is 0. The van der Waals surface area contributed by atoms with E-state index in [9.17, 15) is 0 Å². The second-order valence-electron chi connectivity index (χ2n) is 5.70. The van der Waals surface area contributed by atoms with Gasteiger partial charge in [-0.15, -0.1) is 0 Å². The van der Waals surface area contributed by atoms with E-state index in [1.807, 2.05) is 0 Å². The van der Waals surface area contributed by atoms with Gasteiger partial charge < -0.3 is 0 Å². The highest BCUT2D eigenvalue weighted by atomic mass is 14.1. The normalized spacial score (nSPS) is 11.3. The van der Waals surface area contributed by atoms with Gasteiger partial charge in [0.15, 0.2) is 0 Å². The number of fused-ring (bicyclic) bond motifs is 1. The maximum atomic E-state index is 2.35. The monoisotopic (exact) mass is 240 g/mol. The van der Waals surface area contributed by atoms with Crippen LogP contribution < -0.4 is 0 Å². The van der Waals surface area contributed by atoms with Crippen molar-refractivity contribution >= 4 is 10.8 Å². The highest BCUT2D eigenvalue weighted by Gasteiger charge is 2.00. The fraction of sp³-hybridized carbons (Fsp3) is 0.444. The molecule has 0 aliphatic heterocycles. The average molecular weight is 240 g/mol. The van der Waals surface area contributed by atoms with E-state index in [1.54, 1.807) is 0 Å². The van der Waals surface area contributed by atoms with Crippen molar-refractivity contribution in [2.24, 2.45) is 5.92 Å². The lowest BCUT2D eigenvalue weighted by Crippen LogP contribution is -1.92. The molecule has 0 heteroatoms. The maximum Gasteiger partial charge on any atom is -0.0181 e. The van der Waals surface area contributed by atoms with Crippen LogP contribution in [0.15, 0.2) is 36.4 Å². The Labute approximate surface area is 111 Å². The molecule has 0 aliphatic carbocycles. The number of benzene rings is 2. The van der Waals surface area contributed by atoms with E-state index in [1.165, 1.54) is 47.6 Å². The summed E-state index contributed by atoms with van der Waals surface area (Å²) >= 11 is 0. The molecular formula is C18H24. The van der Waals surface area contributed by atoms with Crippen molar-refractivity contribution in [1.29, 1.82) is 0 Å². The number of hydrogen-bond acceptors (Lipinski definition) is 0. The molecule has 0 saturated carbocycles. The van der Waals surface area contributed by atoms with Crippen LogP contribution in [0, 0.1) is 5.92 Å². The summed E-state index contributed by atoms with van der Waals surface area (Å²) in [5.41, 5.74) is 2.93. The summed E-state index contributed by atoms with van der Waals surface area (Å²) in [5.74, 6) is 0.785. The Balaban J connectivity index is 2.21. The highest BCUT2D eigenvalue weighted by Crippen LogP contribution is 2.20. The summed E-state index contributed by atoms with van der Waals surface area (Å²) in [6.07, 6.45) is 4.88. The first-order valence-corrected chi connectivity index (χ1v) is 7.20. The zero-order valence-corrected chi connectivity index (χ0v) is 11.9. The topological polar surface area (TPSA) is 0 Å². The zero-order chi connectivity index (χ0) is 13.0. The molecule has 0 atom stereocenters. The van der Waals surface area contributed by atoms with Crippen LogP contribution in [0.5, 0.6) is 0 Å². The second kappa shape index (κ2) is 6.04. The molecule has 0 fully saturated rings. The van der Waals surface area contributed by atoms with Crippen molar-refractivity contribution in [3.05, 3.63) is 47.5 Å². The van der Waals surface area contributed by atoms with Crippen LogP contribution in [0.3, 0.4) is 0 Å². The predicted octanol–water partition coefficient (Wildman–Crippen LogP) is 5.38. The summed E-state index contributed by atoms with van der Waals surface area (Å²) in [4.78, 5) is 0. The molecular weight excluding hydrogens is 216 g/mol. The van der Waals surface area contributed by atoms with Gasteiger partial charge in [0.2, 0.25) is 0 Å². The number of hydrogen-bond donors (Lipinski definition) is 0. The molecule has 0 heterocycles. The fourth-order valence-electron chi connectivity index (χ4n) is 2.40. The van der Waals surface area contributed by atoms with Crippen LogP contribution in [0.1, 0.15) is 44.7 Å². The van der Waals surface area contributed by atoms with Gasteiger partial charge in [0.1, 0.15) is 0 Å². The minimum atomic E-state index is 0.785. The van der Waals surface area contributed by atoms with Gasteiger partial charge in [-0.1, -0.05) is 63.6 Å². The van der Waals surface area contributed by atoms with Gasteiger partial charge in [-0.3, -0.25) is 0 Å². The number of rotatable bonds is 5. The van der Waals surface area contributed by atoms with E-state index in [2.05, 4.69) is 57.2 Å². The van der Waals surface area contributed by atoms with Gasteiger partial charge in [-0.05, 0) is 47.1 Å². The molecule has 96 valence electrons. The first-order valence-electron chi connectivity index (χ1n) is 7.20. The summed E-state index contributed by atoms with van der Waals surface area (Å²) in [6, 6.07) is 13.8. The van der Waals surface area contributed by atoms with Crippen LogP contribution in [0.2, 0.25) is 0 Å². The van der Waals surface area contributed by atoms with Gasteiger partial charge >= 0.3 is 0 Å². The molecule has 0 radical (unpaired) electrons. The molecule has 2 aromatic carbocycles. The van der Waals surface area contributed by atoms with E-state index in [0.717, 1.165) is 5.92 Å². The second-order valence-corrected chi connectivity index (χ2v) is 5.70. The maximum absolute atomic E-state index is 2.35. The third-order valence-electron chi connectivity index (χ3n) is 3.52. The minimum absolute atomic E-state index is 0.785. The Kier molecular flexibility index (Phi) is 4.41. The fourth-order valence-corrected chi connectivity index (χ4v) is 2.40. The quantitative estimate of drug-likeness (QED) is 0.658. The molecule has 0 amide bonds. The van der Waals surface area contributed by atoms with Gasteiger partial charge in [0.05, 0.1) is 0 Å². The van der Waals surface area contributed by atoms with E-state index < -0.39 is 0 Å². The number of aryl methyl sites for hydroxylation is 2. The standard InChI is InChI=1S/C18H24/c1-4-5-15-8-10-18-13-16(7-6-14(2)3)9-11-17(18)12-15/h8-14H,4-7H2,1-3H3. The molecule has 2 rings (SSSR count). The van der Waals surface area contributed by atoms with Crippen LogP contribution in [0.25, 0.3) is 10.8 Å². The van der Waals surface area contributed by atoms with Gasteiger partial charge in [0.25, 0.3) is 0 Å². The molecule has 0 unspecified atom stereocenters. The Hall–Kier alpha value is -1.30. The molecule has 0 bridgehead atoms. The zero-order valence-electron chi connectivity index (χ0n) is 11.9. The first kappa shape index (κ1) is 13.1. The van der Waals surface area contributed by atoms with Gasteiger partial charge in [0, 0.05) is 0 Å². The van der Waals surface area contributed by atoms with Crippen LogP contribution in [-0.4, -0.2) is 0 Å². The molecule has 0 saturated heterocycles. The van der Waals surface area contributed by atoms with Crippen molar-refractivity contribution in [3.63, 3.8) is 0 Å². The SMILES string of the molecule is CCCc1ccc2cc(CCC(C)C)ccc2c1. The Bertz CT molecular complexity index is 508. The van der Waals surface area contributed by atoms with Crippen molar-refractivity contribution in [3.8, 4) is 0 Å². The van der Waals surface area contributed by atoms with Gasteiger partial charge in [-0.2, -0.15) is 0 Å². The Morgan fingerprint density at radius 1 is 0.833 bits per heavy atom. The van der Waals surface area contributed by atoms with E-state index in [0.29, 0.717) is 0 Å². The lowest BCUT2D eigenvalue weighted by molar-refractivity contribution is 0.587. The van der Waals surface area contributed by atoms with E-state index in [-0.39, 0.29) is 0 Å². The molecule has 0 N–H and O–H groups in total. The van der Waals surface area contributed by atoms with E-state index >= 15 is 0 Å². The lowest BCUT2D eigenvalue weighted by atomic mass is 9.98. The minimum Gasteiger partial charge on any atom is -0.0651 e. The highest BCUT2D eigenvalue weighted by molar-refractivity contribution is 5.83. The molecule has 0 aromatic heterocycles. The molecule has 18 heavy (non-hydrogen) atoms. The smallest absolute Gasteiger partial charge is 0.0181 e. The Morgan fingerprint density at radius 2 is 1.39 bits per heavy atom. The summed E-state index contributed by atoms with van der Waals surface area (Å²) in [5, 5.41) is 2.77. The lowest BCUT2D eigenvalue weighted by Gasteiger charge is -2.07. The van der Waals surface area contributed by atoms with Crippen molar-refractivity contribution < 1.29 is 0 Å². The third-order valence-corrected chi connectivity index (χ3v) is 3.52. The van der Waals surface area contributed by atoms with Crippen LogP contribution in [0.4, 0.5) is 0 Å².